The molecule has 2 aromatic heterocycles. The van der Waals surface area contributed by atoms with Gasteiger partial charge in [0.1, 0.15) is 0 Å². The Hall–Kier alpha value is -1.66. The lowest BCUT2D eigenvalue weighted by atomic mass is 9.90. The average molecular weight is 356 g/mol. The van der Waals surface area contributed by atoms with E-state index in [9.17, 15) is 4.79 Å². The summed E-state index contributed by atoms with van der Waals surface area (Å²) in [7, 11) is 0. The molecule has 1 aliphatic heterocycles. The molecule has 2 aromatic rings. The van der Waals surface area contributed by atoms with Crippen molar-refractivity contribution in [3.8, 4) is 11.3 Å². The minimum absolute atomic E-state index is 0.00348. The first kappa shape index (κ1) is 16.8. The lowest BCUT2D eigenvalue weighted by Crippen LogP contribution is -2.41. The van der Waals surface area contributed by atoms with Gasteiger partial charge < -0.3 is 5.32 Å². The molecule has 1 saturated heterocycles. The van der Waals surface area contributed by atoms with Gasteiger partial charge in [-0.1, -0.05) is 0 Å². The van der Waals surface area contributed by atoms with Crippen molar-refractivity contribution in [1.29, 1.82) is 0 Å². The van der Waals surface area contributed by atoms with Crippen LogP contribution >= 0.6 is 11.8 Å². The summed E-state index contributed by atoms with van der Waals surface area (Å²) in [5.74, 6) is 2.53. The van der Waals surface area contributed by atoms with Crippen molar-refractivity contribution in [1.82, 2.24) is 20.1 Å². The minimum Gasteiger partial charge on any atom is -0.310 e. The smallest absolute Gasteiger partial charge is 0.267 e. The summed E-state index contributed by atoms with van der Waals surface area (Å²) in [6.07, 6.45) is 9.10. The Morgan fingerprint density at radius 2 is 1.96 bits per heavy atom. The van der Waals surface area contributed by atoms with E-state index in [1.165, 1.54) is 17.9 Å². The number of aromatic nitrogens is 3. The van der Waals surface area contributed by atoms with Gasteiger partial charge in [-0.15, -0.1) is 0 Å². The summed E-state index contributed by atoms with van der Waals surface area (Å²) < 4.78 is 1.70. The van der Waals surface area contributed by atoms with E-state index in [-0.39, 0.29) is 11.6 Å². The van der Waals surface area contributed by atoms with Crippen molar-refractivity contribution in [2.24, 2.45) is 0 Å². The van der Waals surface area contributed by atoms with Crippen molar-refractivity contribution in [2.45, 2.75) is 50.2 Å². The van der Waals surface area contributed by atoms with Crippen LogP contribution in [0, 0.1) is 0 Å². The average Bonchev–Trinajstić information content (AvgIpc) is 3.17. The van der Waals surface area contributed by atoms with Gasteiger partial charge in [-0.25, -0.2) is 4.68 Å². The van der Waals surface area contributed by atoms with Gasteiger partial charge in [-0.05, 0) is 56.1 Å². The van der Waals surface area contributed by atoms with Crippen LogP contribution in [-0.4, -0.2) is 38.4 Å². The van der Waals surface area contributed by atoms with Gasteiger partial charge in [0.25, 0.3) is 5.56 Å². The van der Waals surface area contributed by atoms with Crippen LogP contribution in [0.4, 0.5) is 0 Å². The Bertz CT molecular complexity index is 750. The zero-order valence-electron chi connectivity index (χ0n) is 14.3. The molecule has 0 radical (unpaired) electrons. The first-order valence-corrected chi connectivity index (χ1v) is 10.3. The maximum absolute atomic E-state index is 12.3. The minimum atomic E-state index is -0.00348. The third-order valence-corrected chi connectivity index (χ3v) is 6.39. The number of hydrogen-bond acceptors (Lipinski definition) is 5. The fourth-order valence-corrected chi connectivity index (χ4v) is 5.01. The van der Waals surface area contributed by atoms with Crippen LogP contribution in [0.25, 0.3) is 11.3 Å². The Morgan fingerprint density at radius 3 is 2.68 bits per heavy atom. The van der Waals surface area contributed by atoms with E-state index in [4.69, 9.17) is 0 Å². The van der Waals surface area contributed by atoms with Gasteiger partial charge in [-0.2, -0.15) is 16.9 Å². The van der Waals surface area contributed by atoms with Crippen molar-refractivity contribution in [3.05, 3.63) is 47.0 Å². The van der Waals surface area contributed by atoms with Crippen molar-refractivity contribution < 1.29 is 0 Å². The number of nitrogens with zero attached hydrogens (tertiary/aromatic N) is 3. The zero-order chi connectivity index (χ0) is 17.1. The molecule has 1 saturated carbocycles. The Balaban J connectivity index is 1.44. The summed E-state index contributed by atoms with van der Waals surface area (Å²) in [6, 6.07) is 8.78. The van der Waals surface area contributed by atoms with Crippen LogP contribution in [0.2, 0.25) is 0 Å². The predicted octanol–water partition coefficient (Wildman–Crippen LogP) is 2.88. The van der Waals surface area contributed by atoms with Gasteiger partial charge in [0.15, 0.2) is 0 Å². The summed E-state index contributed by atoms with van der Waals surface area (Å²) in [5.41, 5.74) is 1.76. The molecule has 3 heterocycles. The Labute approximate surface area is 152 Å². The molecule has 1 N–H and O–H groups in total. The summed E-state index contributed by atoms with van der Waals surface area (Å²) in [6.45, 7) is 0. The Kier molecular flexibility index (Phi) is 5.17. The van der Waals surface area contributed by atoms with E-state index in [0.717, 1.165) is 36.9 Å². The molecule has 0 aromatic carbocycles. The van der Waals surface area contributed by atoms with Gasteiger partial charge in [0.2, 0.25) is 0 Å². The van der Waals surface area contributed by atoms with Gasteiger partial charge in [0.05, 0.1) is 11.7 Å². The second-order valence-corrected chi connectivity index (χ2v) is 8.13. The van der Waals surface area contributed by atoms with E-state index < -0.39 is 0 Å². The molecule has 6 heteroatoms. The standard InChI is InChI=1S/C19H24N4OS/c24-19-8-7-18(14-2-1-10-20-12-14)22-23(19)17-5-3-15(4-6-17)21-16-9-11-25-13-16/h1-2,7-8,10,12,15-17,21H,3-6,9,11,13H2. The number of nitrogens with one attached hydrogen (secondary N) is 1. The van der Waals surface area contributed by atoms with Gasteiger partial charge in [-0.3, -0.25) is 9.78 Å². The van der Waals surface area contributed by atoms with E-state index in [2.05, 4.69) is 15.4 Å². The highest BCUT2D eigenvalue weighted by Crippen LogP contribution is 2.29. The molecule has 2 fully saturated rings. The van der Waals surface area contributed by atoms with E-state index >= 15 is 0 Å². The fraction of sp³-hybridized carbons (Fsp3) is 0.526. The molecule has 1 aliphatic carbocycles. The molecule has 1 atom stereocenters. The van der Waals surface area contributed by atoms with Crippen LogP contribution in [0.15, 0.2) is 41.5 Å². The fourth-order valence-electron chi connectivity index (χ4n) is 3.84. The second kappa shape index (κ2) is 7.70. The van der Waals surface area contributed by atoms with Crippen molar-refractivity contribution in [3.63, 3.8) is 0 Å². The molecular formula is C19H24N4OS. The third-order valence-electron chi connectivity index (χ3n) is 5.23. The SMILES string of the molecule is O=c1ccc(-c2cccnc2)nn1C1CCC(NC2CCSC2)CC1. The predicted molar refractivity (Wildman–Crippen MR) is 102 cm³/mol. The number of rotatable bonds is 4. The maximum Gasteiger partial charge on any atom is 0.267 e. The number of pyridine rings is 1. The van der Waals surface area contributed by atoms with Gasteiger partial charge >= 0.3 is 0 Å². The number of hydrogen-bond donors (Lipinski definition) is 1. The van der Waals surface area contributed by atoms with Crippen LogP contribution in [0.3, 0.4) is 0 Å². The molecule has 25 heavy (non-hydrogen) atoms. The van der Waals surface area contributed by atoms with Crippen LogP contribution < -0.4 is 10.9 Å². The van der Waals surface area contributed by atoms with Crippen LogP contribution in [0.1, 0.15) is 38.1 Å². The van der Waals surface area contributed by atoms with E-state index in [0.29, 0.717) is 12.1 Å². The molecule has 0 spiro atoms. The third kappa shape index (κ3) is 3.96. The zero-order valence-corrected chi connectivity index (χ0v) is 15.1. The van der Waals surface area contributed by atoms with Crippen LogP contribution in [-0.2, 0) is 0 Å². The molecule has 5 nitrogen and oxygen atoms in total. The van der Waals surface area contributed by atoms with E-state index in [1.807, 2.05) is 23.9 Å². The Morgan fingerprint density at radius 1 is 1.08 bits per heavy atom. The molecule has 1 unspecified atom stereocenters. The van der Waals surface area contributed by atoms with Crippen molar-refractivity contribution in [2.75, 3.05) is 11.5 Å². The largest absolute Gasteiger partial charge is 0.310 e. The lowest BCUT2D eigenvalue weighted by molar-refractivity contribution is 0.260. The molecule has 4 rings (SSSR count). The molecule has 2 aliphatic rings. The quantitative estimate of drug-likeness (QED) is 0.913. The van der Waals surface area contributed by atoms with E-state index in [1.54, 1.807) is 29.2 Å². The molecule has 0 bridgehead atoms. The summed E-state index contributed by atoms with van der Waals surface area (Å²) in [4.78, 5) is 16.5. The monoisotopic (exact) mass is 356 g/mol. The highest BCUT2D eigenvalue weighted by molar-refractivity contribution is 7.99. The summed E-state index contributed by atoms with van der Waals surface area (Å²) >= 11 is 2.05. The first-order valence-electron chi connectivity index (χ1n) is 9.13. The van der Waals surface area contributed by atoms with Crippen LogP contribution in [0.5, 0.6) is 0 Å². The highest BCUT2D eigenvalue weighted by Gasteiger charge is 2.26. The molecule has 132 valence electrons. The normalized spacial score (nSPS) is 26.6. The van der Waals surface area contributed by atoms with Gasteiger partial charge in [0, 0.05) is 41.9 Å². The second-order valence-electron chi connectivity index (χ2n) is 6.98. The highest BCUT2D eigenvalue weighted by atomic mass is 32.2. The summed E-state index contributed by atoms with van der Waals surface area (Å²) in [5, 5.41) is 8.44. The maximum atomic E-state index is 12.3. The molecule has 0 amide bonds. The number of thioether (sulfide) groups is 1. The van der Waals surface area contributed by atoms with Crippen molar-refractivity contribution >= 4 is 11.8 Å². The molecular weight excluding hydrogens is 332 g/mol. The first-order chi connectivity index (χ1) is 12.3. The lowest BCUT2D eigenvalue weighted by Gasteiger charge is -2.31. The topological polar surface area (TPSA) is 59.8 Å².